The van der Waals surface area contributed by atoms with Gasteiger partial charge in [0.1, 0.15) is 5.75 Å². The first-order chi connectivity index (χ1) is 15.4. The van der Waals surface area contributed by atoms with Crippen LogP contribution >= 0.6 is 24.4 Å². The van der Waals surface area contributed by atoms with Crippen molar-refractivity contribution in [3.8, 4) is 11.4 Å². The summed E-state index contributed by atoms with van der Waals surface area (Å²) < 4.78 is 8.45. The van der Waals surface area contributed by atoms with Crippen LogP contribution in [0.4, 0.5) is 11.4 Å². The zero-order chi connectivity index (χ0) is 22.7. The number of aromatic amines is 2. The Labute approximate surface area is 194 Å². The van der Waals surface area contributed by atoms with E-state index in [2.05, 4.69) is 15.5 Å². The molecule has 0 amide bonds. The standard InChI is InChI=1S/C21H22N5O4S2/c27-15-5-2-8-25(11-15)18-10-16(6-7-17(18)19(28)29)30-12-22-13-3-1-4-14(9-13)26-20(31)23-24-21(26)32/h1,3-4,6-7,9-11,15,22,27H,2,5,8,12H2,(H,23,31)(H,24,32)(H,28,29). The van der Waals surface area contributed by atoms with Crippen molar-refractivity contribution in [2.24, 2.45) is 0 Å². The van der Waals surface area contributed by atoms with Crippen LogP contribution < -0.4 is 15.0 Å². The smallest absolute Gasteiger partial charge is 0.337 e. The predicted octanol–water partition coefficient (Wildman–Crippen LogP) is 3.86. The molecule has 32 heavy (non-hydrogen) atoms. The molecule has 5 N–H and O–H groups in total. The van der Waals surface area contributed by atoms with Gasteiger partial charge in [-0.25, -0.2) is 4.79 Å². The van der Waals surface area contributed by atoms with E-state index in [0.29, 0.717) is 33.9 Å². The molecule has 2 aromatic carbocycles. The second-order valence-corrected chi connectivity index (χ2v) is 8.02. The van der Waals surface area contributed by atoms with Crippen molar-refractivity contribution in [3.05, 3.63) is 64.1 Å². The van der Waals surface area contributed by atoms with Gasteiger partial charge in [-0.2, -0.15) is 0 Å². The van der Waals surface area contributed by atoms with E-state index in [0.717, 1.165) is 17.8 Å². The summed E-state index contributed by atoms with van der Waals surface area (Å²) in [4.78, 5) is 13.4. The van der Waals surface area contributed by atoms with Crippen LogP contribution in [-0.2, 0) is 0 Å². The van der Waals surface area contributed by atoms with Crippen molar-refractivity contribution in [1.82, 2.24) is 14.8 Å². The number of nitrogens with one attached hydrogen (secondary N) is 3. The molecule has 0 saturated carbocycles. The van der Waals surface area contributed by atoms with Crippen molar-refractivity contribution in [2.75, 3.05) is 23.5 Å². The lowest BCUT2D eigenvalue weighted by atomic mass is 10.0. The first kappa shape index (κ1) is 22.1. The Hall–Kier alpha value is -3.15. The van der Waals surface area contributed by atoms with Crippen molar-refractivity contribution < 1.29 is 19.7 Å². The van der Waals surface area contributed by atoms with Crippen LogP contribution in [0, 0.1) is 16.1 Å². The summed E-state index contributed by atoms with van der Waals surface area (Å²) in [6.45, 7) is 2.44. The van der Waals surface area contributed by atoms with E-state index in [1.165, 1.54) is 6.07 Å². The predicted molar refractivity (Wildman–Crippen MR) is 126 cm³/mol. The van der Waals surface area contributed by atoms with Gasteiger partial charge in [-0.3, -0.25) is 14.8 Å². The van der Waals surface area contributed by atoms with Crippen molar-refractivity contribution in [1.29, 1.82) is 0 Å². The van der Waals surface area contributed by atoms with Gasteiger partial charge in [-0.15, -0.1) is 0 Å². The van der Waals surface area contributed by atoms with Crippen LogP contribution in [0.15, 0.2) is 42.5 Å². The van der Waals surface area contributed by atoms with Crippen LogP contribution in [0.25, 0.3) is 5.69 Å². The number of aromatic nitrogens is 3. The van der Waals surface area contributed by atoms with Crippen LogP contribution in [0.2, 0.25) is 0 Å². The number of carboxylic acids is 1. The molecular formula is C21H22N5O4S2. The lowest BCUT2D eigenvalue weighted by Crippen LogP contribution is -2.34. The molecule has 9 nitrogen and oxygen atoms in total. The number of hydrogen-bond donors (Lipinski definition) is 5. The number of piperidine rings is 1. The average Bonchev–Trinajstić information content (AvgIpc) is 3.11. The van der Waals surface area contributed by atoms with E-state index >= 15 is 0 Å². The van der Waals surface area contributed by atoms with Crippen molar-refractivity contribution in [3.63, 3.8) is 0 Å². The number of carbonyl (C=O) groups is 1. The lowest BCUT2D eigenvalue weighted by molar-refractivity contribution is 0.0697. The van der Waals surface area contributed by atoms with Gasteiger partial charge in [0, 0.05) is 18.3 Å². The minimum absolute atomic E-state index is 0.156. The minimum Gasteiger partial charge on any atom is -0.478 e. The summed E-state index contributed by atoms with van der Waals surface area (Å²) in [6.07, 6.45) is 0.844. The maximum atomic E-state index is 11.7. The lowest BCUT2D eigenvalue weighted by Gasteiger charge is -2.32. The third kappa shape index (κ3) is 4.85. The molecule has 1 atom stereocenters. The Morgan fingerprint density at radius 1 is 1.19 bits per heavy atom. The molecule has 1 saturated heterocycles. The fourth-order valence-electron chi connectivity index (χ4n) is 3.55. The second kappa shape index (κ2) is 9.55. The van der Waals surface area contributed by atoms with Gasteiger partial charge >= 0.3 is 5.97 Å². The highest BCUT2D eigenvalue weighted by Crippen LogP contribution is 2.30. The minimum atomic E-state index is -1.03. The zero-order valence-electron chi connectivity index (χ0n) is 16.9. The largest absolute Gasteiger partial charge is 0.478 e. The molecule has 167 valence electrons. The molecule has 1 unspecified atom stereocenters. The fraction of sp³-hybridized carbons (Fsp3) is 0.238. The molecule has 1 aliphatic rings. The fourth-order valence-corrected chi connectivity index (χ4v) is 4.10. The number of carboxylic acid groups (broad SMARTS) is 1. The number of aromatic carboxylic acids is 1. The molecular weight excluding hydrogens is 450 g/mol. The highest BCUT2D eigenvalue weighted by molar-refractivity contribution is 7.72. The summed E-state index contributed by atoms with van der Waals surface area (Å²) in [5.41, 5.74) is 2.25. The van der Waals surface area contributed by atoms with Gasteiger partial charge in [0.25, 0.3) is 0 Å². The normalized spacial score (nSPS) is 16.0. The average molecular weight is 473 g/mol. The van der Waals surface area contributed by atoms with Crippen molar-refractivity contribution in [2.45, 2.75) is 18.9 Å². The molecule has 11 heteroatoms. The molecule has 0 aliphatic carbocycles. The molecule has 3 aromatic rings. The third-order valence-corrected chi connectivity index (χ3v) is 5.63. The van der Waals surface area contributed by atoms with Gasteiger partial charge < -0.3 is 25.2 Å². The monoisotopic (exact) mass is 472 g/mol. The van der Waals surface area contributed by atoms with E-state index in [9.17, 15) is 15.0 Å². The van der Waals surface area contributed by atoms with Gasteiger partial charge in [0.2, 0.25) is 0 Å². The van der Waals surface area contributed by atoms with Crippen LogP contribution in [0.3, 0.4) is 0 Å². The van der Waals surface area contributed by atoms with E-state index < -0.39 is 12.1 Å². The molecule has 4 rings (SSSR count). The number of rotatable bonds is 7. The van der Waals surface area contributed by atoms with Gasteiger partial charge in [-0.05, 0) is 67.6 Å². The van der Waals surface area contributed by atoms with Crippen LogP contribution in [-0.4, -0.2) is 50.3 Å². The van der Waals surface area contributed by atoms with E-state index in [4.69, 9.17) is 29.2 Å². The number of ether oxygens (including phenoxy) is 1. The third-order valence-electron chi connectivity index (χ3n) is 5.06. The molecule has 2 heterocycles. The number of nitrogens with zero attached hydrogens (tertiary/aromatic N) is 2. The number of aliphatic hydroxyl groups is 1. The van der Waals surface area contributed by atoms with Gasteiger partial charge in [0.05, 0.1) is 29.6 Å². The Balaban J connectivity index is 1.47. The Morgan fingerprint density at radius 3 is 2.69 bits per heavy atom. The summed E-state index contributed by atoms with van der Waals surface area (Å²) in [7, 11) is 0. The second-order valence-electron chi connectivity index (χ2n) is 7.25. The number of H-pyrrole nitrogens is 2. The molecule has 1 fully saturated rings. The van der Waals surface area contributed by atoms with Crippen LogP contribution in [0.1, 0.15) is 23.2 Å². The molecule has 0 bridgehead atoms. The van der Waals surface area contributed by atoms with E-state index in [1.54, 1.807) is 28.1 Å². The molecule has 1 aliphatic heterocycles. The first-order valence-electron chi connectivity index (χ1n) is 9.96. The SMILES string of the molecule is O=C(O)c1ccc(OCNc2cccc(-n3c(=S)[nH][nH]c3=S)c2)cc1N1[CH]C(O)CCC1. The summed E-state index contributed by atoms with van der Waals surface area (Å²) >= 11 is 10.5. The molecule has 0 spiro atoms. The van der Waals surface area contributed by atoms with Gasteiger partial charge in [-0.1, -0.05) is 6.07 Å². The highest BCUT2D eigenvalue weighted by Gasteiger charge is 2.23. The van der Waals surface area contributed by atoms with E-state index in [1.807, 2.05) is 24.3 Å². The maximum absolute atomic E-state index is 11.7. The number of anilines is 2. The summed E-state index contributed by atoms with van der Waals surface area (Å²) in [5.74, 6) is -0.519. The highest BCUT2D eigenvalue weighted by atomic mass is 32.1. The van der Waals surface area contributed by atoms with Crippen LogP contribution in [0.5, 0.6) is 5.75 Å². The first-order valence-corrected chi connectivity index (χ1v) is 10.8. The Bertz CT molecular complexity index is 1210. The number of hydrogen-bond acceptors (Lipinski definition) is 7. The van der Waals surface area contributed by atoms with Crippen molar-refractivity contribution >= 4 is 41.8 Å². The number of aliphatic hydroxyl groups excluding tert-OH is 1. The molecule has 1 aromatic heterocycles. The summed E-state index contributed by atoms with van der Waals surface area (Å²) in [5, 5.41) is 28.3. The number of benzene rings is 2. The molecule has 1 radical (unpaired) electrons. The summed E-state index contributed by atoms with van der Waals surface area (Å²) in [6, 6.07) is 12.3. The van der Waals surface area contributed by atoms with Gasteiger partial charge in [0.15, 0.2) is 16.3 Å². The Kier molecular flexibility index (Phi) is 6.58. The topological polar surface area (TPSA) is 119 Å². The Morgan fingerprint density at radius 2 is 1.97 bits per heavy atom. The maximum Gasteiger partial charge on any atom is 0.337 e. The van der Waals surface area contributed by atoms with E-state index in [-0.39, 0.29) is 12.3 Å². The quantitative estimate of drug-likeness (QED) is 0.260. The zero-order valence-corrected chi connectivity index (χ0v) is 18.6.